The molecule has 0 aromatic heterocycles. The number of ether oxygens (including phenoxy) is 3. The van der Waals surface area contributed by atoms with Crippen LogP contribution in [0.1, 0.15) is 33.6 Å². The number of alkyl carbamates (subject to hydrolysis) is 1. The molecule has 2 atom stereocenters. The van der Waals surface area contributed by atoms with E-state index in [9.17, 15) is 14.4 Å². The molecule has 128 valence electrons. The molecule has 0 unspecified atom stereocenters. The molecular formula is C14H26N2O6. The van der Waals surface area contributed by atoms with Crippen molar-refractivity contribution in [3.8, 4) is 0 Å². The molecule has 0 rings (SSSR count). The average molecular weight is 318 g/mol. The topological polar surface area (TPSA) is 117 Å². The van der Waals surface area contributed by atoms with E-state index in [2.05, 4.69) is 14.8 Å². The van der Waals surface area contributed by atoms with Gasteiger partial charge in [0.05, 0.1) is 20.1 Å². The SMILES string of the molecule is COC(=O)[C@@H](CCN)C[C@H](NC(=O)OC(C)(C)C)C(=O)OC. The Morgan fingerprint density at radius 1 is 1.09 bits per heavy atom. The van der Waals surface area contributed by atoms with E-state index in [1.54, 1.807) is 20.8 Å². The van der Waals surface area contributed by atoms with Crippen LogP contribution < -0.4 is 11.1 Å². The van der Waals surface area contributed by atoms with Crippen molar-refractivity contribution in [3.63, 3.8) is 0 Å². The highest BCUT2D eigenvalue weighted by Crippen LogP contribution is 2.15. The zero-order chi connectivity index (χ0) is 17.3. The smallest absolute Gasteiger partial charge is 0.408 e. The molecule has 8 nitrogen and oxygen atoms in total. The number of nitrogens with one attached hydrogen (secondary N) is 1. The normalized spacial score (nSPS) is 13.7. The van der Waals surface area contributed by atoms with Crippen LogP contribution in [0.3, 0.4) is 0 Å². The van der Waals surface area contributed by atoms with E-state index in [1.165, 1.54) is 14.2 Å². The molecular weight excluding hydrogens is 292 g/mol. The van der Waals surface area contributed by atoms with E-state index >= 15 is 0 Å². The fraction of sp³-hybridized carbons (Fsp3) is 0.786. The van der Waals surface area contributed by atoms with Crippen molar-refractivity contribution in [1.82, 2.24) is 5.32 Å². The van der Waals surface area contributed by atoms with Crippen LogP contribution in [-0.2, 0) is 23.8 Å². The first-order valence-corrected chi connectivity index (χ1v) is 6.99. The fourth-order valence-corrected chi connectivity index (χ4v) is 1.79. The van der Waals surface area contributed by atoms with E-state index < -0.39 is 35.6 Å². The highest BCUT2D eigenvalue weighted by Gasteiger charge is 2.30. The highest BCUT2D eigenvalue weighted by atomic mass is 16.6. The van der Waals surface area contributed by atoms with Crippen LogP contribution >= 0.6 is 0 Å². The maximum absolute atomic E-state index is 11.8. The lowest BCUT2D eigenvalue weighted by Gasteiger charge is -2.24. The van der Waals surface area contributed by atoms with E-state index in [4.69, 9.17) is 10.5 Å². The molecule has 0 spiro atoms. The maximum atomic E-state index is 11.8. The third-order valence-electron chi connectivity index (χ3n) is 2.75. The van der Waals surface area contributed by atoms with E-state index in [0.717, 1.165) is 0 Å². The second-order valence-corrected chi connectivity index (χ2v) is 5.76. The standard InChI is InChI=1S/C14H26N2O6/c1-14(2,3)22-13(19)16-10(12(18)21-5)8-9(6-7-15)11(17)20-4/h9-10H,6-8,15H2,1-5H3,(H,16,19)/t9-,10-/m0/s1. The van der Waals surface area contributed by atoms with Gasteiger partial charge in [0.15, 0.2) is 0 Å². The summed E-state index contributed by atoms with van der Waals surface area (Å²) in [6, 6.07) is -1.02. The highest BCUT2D eigenvalue weighted by molar-refractivity contribution is 5.82. The van der Waals surface area contributed by atoms with Gasteiger partial charge in [-0.25, -0.2) is 9.59 Å². The number of hydrogen-bond donors (Lipinski definition) is 2. The Kier molecular flexibility index (Phi) is 8.47. The van der Waals surface area contributed by atoms with Gasteiger partial charge in [0, 0.05) is 0 Å². The summed E-state index contributed by atoms with van der Waals surface area (Å²) in [5, 5.41) is 2.41. The second-order valence-electron chi connectivity index (χ2n) is 5.76. The quantitative estimate of drug-likeness (QED) is 0.521. The van der Waals surface area contributed by atoms with Gasteiger partial charge in [-0.1, -0.05) is 0 Å². The van der Waals surface area contributed by atoms with Crippen molar-refractivity contribution in [2.24, 2.45) is 11.7 Å². The summed E-state index contributed by atoms with van der Waals surface area (Å²) in [7, 11) is 2.45. The molecule has 0 aliphatic rings. The molecule has 0 saturated heterocycles. The van der Waals surface area contributed by atoms with Gasteiger partial charge in [-0.15, -0.1) is 0 Å². The van der Waals surface area contributed by atoms with E-state index in [-0.39, 0.29) is 13.0 Å². The lowest BCUT2D eigenvalue weighted by Crippen LogP contribution is -2.45. The minimum Gasteiger partial charge on any atom is -0.469 e. The minimum atomic E-state index is -1.02. The largest absolute Gasteiger partial charge is 0.469 e. The van der Waals surface area contributed by atoms with E-state index in [1.807, 2.05) is 0 Å². The molecule has 0 aromatic rings. The summed E-state index contributed by atoms with van der Waals surface area (Å²) in [6.45, 7) is 5.35. The molecule has 0 saturated carbocycles. The molecule has 3 N–H and O–H groups in total. The summed E-state index contributed by atoms with van der Waals surface area (Å²) in [5.74, 6) is -1.78. The molecule has 0 bridgehead atoms. The number of hydrogen-bond acceptors (Lipinski definition) is 7. The van der Waals surface area contributed by atoms with Crippen molar-refractivity contribution in [3.05, 3.63) is 0 Å². The zero-order valence-corrected chi connectivity index (χ0v) is 13.8. The number of rotatable bonds is 7. The van der Waals surface area contributed by atoms with Gasteiger partial charge in [0.25, 0.3) is 0 Å². The summed E-state index contributed by atoms with van der Waals surface area (Å²) >= 11 is 0. The van der Waals surface area contributed by atoms with Crippen molar-refractivity contribution in [2.75, 3.05) is 20.8 Å². The number of nitrogens with two attached hydrogens (primary N) is 1. The van der Waals surface area contributed by atoms with Crippen LogP contribution in [-0.4, -0.2) is 50.4 Å². The van der Waals surface area contributed by atoms with Crippen LogP contribution in [0.2, 0.25) is 0 Å². The van der Waals surface area contributed by atoms with Gasteiger partial charge in [-0.2, -0.15) is 0 Å². The first-order valence-electron chi connectivity index (χ1n) is 6.99. The van der Waals surface area contributed by atoms with Gasteiger partial charge < -0.3 is 25.3 Å². The van der Waals surface area contributed by atoms with Crippen LogP contribution in [0.4, 0.5) is 4.79 Å². The van der Waals surface area contributed by atoms with Crippen molar-refractivity contribution >= 4 is 18.0 Å². The maximum Gasteiger partial charge on any atom is 0.408 e. The van der Waals surface area contributed by atoms with Gasteiger partial charge in [0.2, 0.25) is 0 Å². The number of carbonyl (C=O) groups excluding carboxylic acids is 3. The van der Waals surface area contributed by atoms with Gasteiger partial charge in [0.1, 0.15) is 11.6 Å². The Hall–Kier alpha value is -1.83. The second kappa shape index (κ2) is 9.24. The summed E-state index contributed by atoms with van der Waals surface area (Å²) in [6.07, 6.45) is -0.411. The summed E-state index contributed by atoms with van der Waals surface area (Å²) in [4.78, 5) is 35.3. The van der Waals surface area contributed by atoms with Crippen LogP contribution in [0.5, 0.6) is 0 Å². The molecule has 0 radical (unpaired) electrons. The molecule has 0 heterocycles. The Morgan fingerprint density at radius 2 is 1.64 bits per heavy atom. The minimum absolute atomic E-state index is 0.0236. The lowest BCUT2D eigenvalue weighted by atomic mass is 9.96. The van der Waals surface area contributed by atoms with Crippen molar-refractivity contribution < 1.29 is 28.6 Å². The third kappa shape index (κ3) is 7.82. The first kappa shape index (κ1) is 20.2. The number of esters is 2. The summed E-state index contributed by atoms with van der Waals surface area (Å²) in [5.41, 5.74) is 4.75. The van der Waals surface area contributed by atoms with Crippen LogP contribution in [0.15, 0.2) is 0 Å². The average Bonchev–Trinajstić information content (AvgIpc) is 2.42. The monoisotopic (exact) mass is 318 g/mol. The molecule has 0 fully saturated rings. The van der Waals surface area contributed by atoms with Crippen molar-refractivity contribution in [1.29, 1.82) is 0 Å². The molecule has 22 heavy (non-hydrogen) atoms. The molecule has 0 aromatic carbocycles. The number of carbonyl (C=O) groups is 3. The Labute approximate surface area is 130 Å². The Morgan fingerprint density at radius 3 is 2.05 bits per heavy atom. The summed E-state index contributed by atoms with van der Waals surface area (Å²) < 4.78 is 14.4. The van der Waals surface area contributed by atoms with Gasteiger partial charge >= 0.3 is 18.0 Å². The molecule has 1 amide bonds. The lowest BCUT2D eigenvalue weighted by molar-refractivity contribution is -0.148. The fourth-order valence-electron chi connectivity index (χ4n) is 1.79. The zero-order valence-electron chi connectivity index (χ0n) is 13.8. The predicted octanol–water partition coefficient (Wildman–Crippen LogP) is 0.581. The van der Waals surface area contributed by atoms with Crippen molar-refractivity contribution in [2.45, 2.75) is 45.3 Å². The predicted molar refractivity (Wildman–Crippen MR) is 79.0 cm³/mol. The van der Waals surface area contributed by atoms with Gasteiger partial charge in [-0.05, 0) is 40.2 Å². The van der Waals surface area contributed by atoms with Gasteiger partial charge in [-0.3, -0.25) is 4.79 Å². The third-order valence-corrected chi connectivity index (χ3v) is 2.75. The number of amides is 1. The van der Waals surface area contributed by atoms with Crippen LogP contribution in [0.25, 0.3) is 0 Å². The Balaban J connectivity index is 4.93. The molecule has 0 aliphatic carbocycles. The number of methoxy groups -OCH3 is 2. The van der Waals surface area contributed by atoms with Crippen LogP contribution in [0, 0.1) is 5.92 Å². The van der Waals surface area contributed by atoms with E-state index in [0.29, 0.717) is 6.42 Å². The molecule has 0 aliphatic heterocycles. The molecule has 8 heteroatoms. The first-order chi connectivity index (χ1) is 10.1. The Bertz CT molecular complexity index is 391.